The summed E-state index contributed by atoms with van der Waals surface area (Å²) >= 11 is 0. The zero-order chi connectivity index (χ0) is 14.5. The largest absolute Gasteiger partial charge is 0.493 e. The van der Waals surface area contributed by atoms with Crippen molar-refractivity contribution < 1.29 is 19.4 Å². The Morgan fingerprint density at radius 1 is 1.32 bits per heavy atom. The highest BCUT2D eigenvalue weighted by atomic mass is 16.5. The van der Waals surface area contributed by atoms with Gasteiger partial charge in [-0.1, -0.05) is 6.07 Å². The van der Waals surface area contributed by atoms with E-state index in [1.165, 1.54) is 0 Å². The first kappa shape index (κ1) is 15.0. The van der Waals surface area contributed by atoms with Gasteiger partial charge in [0.15, 0.2) is 0 Å². The first-order valence-corrected chi connectivity index (χ1v) is 6.05. The molecule has 0 fully saturated rings. The number of hydrogen-bond donors (Lipinski definition) is 2. The maximum absolute atomic E-state index is 11.9. The Bertz CT molecular complexity index is 463. The highest BCUT2D eigenvalue weighted by Crippen LogP contribution is 2.14. The van der Waals surface area contributed by atoms with Gasteiger partial charge in [-0.3, -0.25) is 9.59 Å². The van der Waals surface area contributed by atoms with E-state index in [4.69, 9.17) is 9.84 Å². The molecular formula is C14H19NO4. The second-order valence-electron chi connectivity index (χ2n) is 5.22. The van der Waals surface area contributed by atoms with Gasteiger partial charge >= 0.3 is 5.97 Å². The smallest absolute Gasteiger partial charge is 0.306 e. The van der Waals surface area contributed by atoms with Crippen LogP contribution >= 0.6 is 0 Å². The number of carbonyl (C=O) groups excluding carboxylic acids is 1. The summed E-state index contributed by atoms with van der Waals surface area (Å²) < 4.78 is 5.28. The maximum Gasteiger partial charge on any atom is 0.306 e. The van der Waals surface area contributed by atoms with Crippen molar-refractivity contribution >= 4 is 11.9 Å². The average Bonchev–Trinajstić information content (AvgIpc) is 2.26. The summed E-state index contributed by atoms with van der Waals surface area (Å²) in [6, 6.07) is 6.68. The zero-order valence-electron chi connectivity index (χ0n) is 11.4. The lowest BCUT2D eigenvalue weighted by molar-refractivity contribution is -0.137. The van der Waals surface area contributed by atoms with E-state index < -0.39 is 5.97 Å². The number of amides is 1. The van der Waals surface area contributed by atoms with Crippen molar-refractivity contribution in [3.63, 3.8) is 0 Å². The second-order valence-corrected chi connectivity index (χ2v) is 5.22. The Kier molecular flexibility index (Phi) is 4.92. The molecule has 5 nitrogen and oxygen atoms in total. The molecule has 2 N–H and O–H groups in total. The molecule has 5 heteroatoms. The third kappa shape index (κ3) is 5.90. The molecule has 0 aromatic heterocycles. The molecule has 0 unspecified atom stereocenters. The lowest BCUT2D eigenvalue weighted by atomic mass is 10.1. The van der Waals surface area contributed by atoms with Crippen LogP contribution in [-0.4, -0.2) is 29.1 Å². The zero-order valence-corrected chi connectivity index (χ0v) is 11.4. The molecule has 1 rings (SSSR count). The summed E-state index contributed by atoms with van der Waals surface area (Å²) in [5, 5.41) is 11.4. The summed E-state index contributed by atoms with van der Waals surface area (Å²) in [5.41, 5.74) is 0.180. The van der Waals surface area contributed by atoms with Gasteiger partial charge in [0.05, 0.1) is 13.0 Å². The van der Waals surface area contributed by atoms with Crippen LogP contribution in [0.3, 0.4) is 0 Å². The van der Waals surface area contributed by atoms with Crippen LogP contribution in [0.2, 0.25) is 0 Å². The molecule has 0 aliphatic heterocycles. The number of nitrogens with one attached hydrogen (secondary N) is 1. The van der Waals surface area contributed by atoms with Gasteiger partial charge in [-0.25, -0.2) is 0 Å². The second kappa shape index (κ2) is 6.22. The van der Waals surface area contributed by atoms with Crippen LogP contribution in [0.1, 0.15) is 37.6 Å². The summed E-state index contributed by atoms with van der Waals surface area (Å²) in [6.45, 7) is 5.79. The van der Waals surface area contributed by atoms with Crippen LogP contribution in [-0.2, 0) is 4.79 Å². The van der Waals surface area contributed by atoms with Crippen LogP contribution in [0.15, 0.2) is 24.3 Å². The van der Waals surface area contributed by atoms with Gasteiger partial charge in [-0.15, -0.1) is 0 Å². The molecule has 0 saturated heterocycles. The predicted octanol–water partition coefficient (Wildman–Crippen LogP) is 2.07. The molecule has 0 heterocycles. The highest BCUT2D eigenvalue weighted by Gasteiger charge is 2.15. The number of carbonyl (C=O) groups is 2. The standard InChI is InChI=1S/C14H19NO4/c1-14(2,3)15-13(18)10-5-4-6-11(9-10)19-8-7-12(16)17/h4-6,9H,7-8H2,1-3H3,(H,15,18)(H,16,17). The Balaban J connectivity index is 2.66. The first-order valence-electron chi connectivity index (χ1n) is 6.05. The summed E-state index contributed by atoms with van der Waals surface area (Å²) in [6.07, 6.45) is -0.0710. The van der Waals surface area contributed by atoms with Crippen molar-refractivity contribution in [1.29, 1.82) is 0 Å². The van der Waals surface area contributed by atoms with E-state index in [2.05, 4.69) is 5.32 Å². The van der Waals surface area contributed by atoms with Gasteiger partial charge in [-0.2, -0.15) is 0 Å². The van der Waals surface area contributed by atoms with Crippen LogP contribution in [0, 0.1) is 0 Å². The maximum atomic E-state index is 11.9. The van der Waals surface area contributed by atoms with E-state index in [0.717, 1.165) is 0 Å². The van der Waals surface area contributed by atoms with Gasteiger partial charge in [0.1, 0.15) is 5.75 Å². The Labute approximate surface area is 112 Å². The normalized spacial score (nSPS) is 10.9. The molecule has 1 aromatic rings. The van der Waals surface area contributed by atoms with E-state index >= 15 is 0 Å². The lowest BCUT2D eigenvalue weighted by Crippen LogP contribution is -2.40. The van der Waals surface area contributed by atoms with Crippen molar-refractivity contribution in [2.75, 3.05) is 6.61 Å². The van der Waals surface area contributed by atoms with Crippen molar-refractivity contribution in [2.24, 2.45) is 0 Å². The number of rotatable bonds is 5. The molecule has 104 valence electrons. The SMILES string of the molecule is CC(C)(C)NC(=O)c1cccc(OCCC(=O)O)c1. The van der Waals surface area contributed by atoms with E-state index in [1.54, 1.807) is 24.3 Å². The number of ether oxygens (including phenoxy) is 1. The number of carboxylic acids is 1. The van der Waals surface area contributed by atoms with Gasteiger partial charge in [-0.05, 0) is 39.0 Å². The molecule has 0 aliphatic rings. The molecule has 1 amide bonds. The molecule has 19 heavy (non-hydrogen) atoms. The van der Waals surface area contributed by atoms with Gasteiger partial charge in [0, 0.05) is 11.1 Å². The van der Waals surface area contributed by atoms with Gasteiger partial charge < -0.3 is 15.2 Å². The number of aliphatic carboxylic acids is 1. The molecule has 1 aromatic carbocycles. The van der Waals surface area contributed by atoms with E-state index in [0.29, 0.717) is 11.3 Å². The van der Waals surface area contributed by atoms with Crippen molar-refractivity contribution in [2.45, 2.75) is 32.7 Å². The van der Waals surface area contributed by atoms with E-state index in [9.17, 15) is 9.59 Å². The van der Waals surface area contributed by atoms with Crippen LogP contribution in [0.25, 0.3) is 0 Å². The van der Waals surface area contributed by atoms with Crippen LogP contribution < -0.4 is 10.1 Å². The fraction of sp³-hybridized carbons (Fsp3) is 0.429. The minimum absolute atomic E-state index is 0.0710. The topological polar surface area (TPSA) is 75.6 Å². The molecule has 0 atom stereocenters. The quantitative estimate of drug-likeness (QED) is 0.854. The Morgan fingerprint density at radius 2 is 2.00 bits per heavy atom. The average molecular weight is 265 g/mol. The van der Waals surface area contributed by atoms with Gasteiger partial charge in [0.25, 0.3) is 5.91 Å². The predicted molar refractivity (Wildman–Crippen MR) is 71.4 cm³/mol. The monoisotopic (exact) mass is 265 g/mol. The minimum Gasteiger partial charge on any atom is -0.493 e. The highest BCUT2D eigenvalue weighted by molar-refractivity contribution is 5.95. The first-order chi connectivity index (χ1) is 8.78. The van der Waals surface area contributed by atoms with Crippen LogP contribution in [0.4, 0.5) is 0 Å². The van der Waals surface area contributed by atoms with Crippen molar-refractivity contribution in [3.05, 3.63) is 29.8 Å². The molecule has 0 radical (unpaired) electrons. The molecule has 0 saturated carbocycles. The van der Waals surface area contributed by atoms with Crippen molar-refractivity contribution in [1.82, 2.24) is 5.32 Å². The fourth-order valence-corrected chi connectivity index (χ4v) is 1.40. The summed E-state index contributed by atoms with van der Waals surface area (Å²) in [7, 11) is 0. The lowest BCUT2D eigenvalue weighted by Gasteiger charge is -2.20. The van der Waals surface area contributed by atoms with E-state index in [-0.39, 0.29) is 24.5 Å². The van der Waals surface area contributed by atoms with E-state index in [1.807, 2.05) is 20.8 Å². The summed E-state index contributed by atoms with van der Waals surface area (Å²) in [5.74, 6) is -0.611. The molecular weight excluding hydrogens is 246 g/mol. The Morgan fingerprint density at radius 3 is 2.58 bits per heavy atom. The van der Waals surface area contributed by atoms with Crippen molar-refractivity contribution in [3.8, 4) is 5.75 Å². The number of carboxylic acid groups (broad SMARTS) is 1. The van der Waals surface area contributed by atoms with Crippen LogP contribution in [0.5, 0.6) is 5.75 Å². The minimum atomic E-state index is -0.915. The number of hydrogen-bond acceptors (Lipinski definition) is 3. The molecule has 0 aliphatic carbocycles. The summed E-state index contributed by atoms with van der Waals surface area (Å²) in [4.78, 5) is 22.3. The molecule has 0 spiro atoms. The Hall–Kier alpha value is -2.04. The van der Waals surface area contributed by atoms with Gasteiger partial charge in [0.2, 0.25) is 0 Å². The molecule has 0 bridgehead atoms. The number of benzene rings is 1. The fourth-order valence-electron chi connectivity index (χ4n) is 1.40. The third-order valence-corrected chi connectivity index (χ3v) is 2.17. The third-order valence-electron chi connectivity index (χ3n) is 2.17.